The van der Waals surface area contributed by atoms with Crippen molar-refractivity contribution in [2.24, 2.45) is 0 Å². The van der Waals surface area contributed by atoms with Crippen LogP contribution in [0.25, 0.3) is 11.1 Å². The molecule has 0 N–H and O–H groups in total. The second-order valence-corrected chi connectivity index (χ2v) is 6.45. The van der Waals surface area contributed by atoms with Crippen LogP contribution in [0.5, 0.6) is 0 Å². The topological polar surface area (TPSA) is 73.3 Å². The number of hydrogen-bond donors (Lipinski definition) is 0. The van der Waals surface area contributed by atoms with Crippen LogP contribution in [0.2, 0.25) is 0 Å². The predicted molar refractivity (Wildman–Crippen MR) is 92.3 cm³/mol. The fourth-order valence-corrected chi connectivity index (χ4v) is 3.59. The Hall–Kier alpha value is -2.83. The van der Waals surface area contributed by atoms with Crippen LogP contribution < -0.4 is 5.76 Å². The molecule has 2 aromatic heterocycles. The van der Waals surface area contributed by atoms with Crippen LogP contribution >= 0.6 is 0 Å². The molecule has 130 valence electrons. The minimum absolute atomic E-state index is 0.0643. The summed E-state index contributed by atoms with van der Waals surface area (Å²) in [6, 6.07) is 8.64. The van der Waals surface area contributed by atoms with Gasteiger partial charge in [-0.1, -0.05) is 12.1 Å². The number of fused-ring (bicyclic) bond motifs is 1. The Balaban J connectivity index is 1.59. The quantitative estimate of drug-likeness (QED) is 0.733. The normalized spacial score (nSPS) is 19.2. The Labute approximate surface area is 144 Å². The number of carbonyl (C=O) groups excluding carboxylic acids is 1. The van der Waals surface area contributed by atoms with Crippen molar-refractivity contribution >= 4 is 17.0 Å². The van der Waals surface area contributed by atoms with Crippen molar-refractivity contribution < 1.29 is 9.21 Å². The highest BCUT2D eigenvalue weighted by molar-refractivity contribution is 5.83. The van der Waals surface area contributed by atoms with Gasteiger partial charge in [0.1, 0.15) is 6.04 Å². The number of hydrogen-bond acceptors (Lipinski definition) is 4. The summed E-state index contributed by atoms with van der Waals surface area (Å²) in [6.45, 7) is 3.06. The first-order valence-electron chi connectivity index (χ1n) is 8.53. The summed E-state index contributed by atoms with van der Waals surface area (Å²) < 4.78 is 8.61. The number of oxazole rings is 1. The third kappa shape index (κ3) is 2.75. The SMILES string of the molecule is CC(C(=O)N1CCCC(n2cccn2)C1)n1c(=O)oc2ccccc21. The number of aromatic nitrogens is 3. The van der Waals surface area contributed by atoms with E-state index in [2.05, 4.69) is 5.10 Å². The van der Waals surface area contributed by atoms with Gasteiger partial charge in [0.05, 0.1) is 11.6 Å². The Bertz CT molecular complexity index is 941. The van der Waals surface area contributed by atoms with Gasteiger partial charge < -0.3 is 9.32 Å². The molecule has 4 rings (SSSR count). The van der Waals surface area contributed by atoms with Crippen LogP contribution in [0, 0.1) is 0 Å². The lowest BCUT2D eigenvalue weighted by Gasteiger charge is -2.34. The Morgan fingerprint density at radius 1 is 1.32 bits per heavy atom. The lowest BCUT2D eigenvalue weighted by molar-refractivity contribution is -0.136. The number of amides is 1. The van der Waals surface area contributed by atoms with Crippen LogP contribution in [0.3, 0.4) is 0 Å². The van der Waals surface area contributed by atoms with Gasteiger partial charge in [-0.15, -0.1) is 0 Å². The second-order valence-electron chi connectivity index (χ2n) is 6.45. The molecule has 0 aliphatic carbocycles. The van der Waals surface area contributed by atoms with Gasteiger partial charge in [0.25, 0.3) is 0 Å². The Kier molecular flexibility index (Phi) is 3.91. The van der Waals surface area contributed by atoms with E-state index in [-0.39, 0.29) is 11.9 Å². The van der Waals surface area contributed by atoms with E-state index in [4.69, 9.17) is 4.42 Å². The van der Waals surface area contributed by atoms with E-state index in [9.17, 15) is 9.59 Å². The number of para-hydroxylation sites is 2. The maximum Gasteiger partial charge on any atom is 0.420 e. The molecule has 7 heteroatoms. The largest absolute Gasteiger partial charge is 0.420 e. The van der Waals surface area contributed by atoms with Gasteiger partial charge in [-0.25, -0.2) is 4.79 Å². The third-order valence-corrected chi connectivity index (χ3v) is 4.87. The van der Waals surface area contributed by atoms with Crippen molar-refractivity contribution in [2.75, 3.05) is 13.1 Å². The molecule has 7 nitrogen and oxygen atoms in total. The highest BCUT2D eigenvalue weighted by Crippen LogP contribution is 2.24. The molecule has 1 aliphatic heterocycles. The minimum atomic E-state index is -0.604. The zero-order valence-corrected chi connectivity index (χ0v) is 14.0. The molecule has 1 aliphatic rings. The van der Waals surface area contributed by atoms with Crippen molar-refractivity contribution in [1.82, 2.24) is 19.2 Å². The number of nitrogens with zero attached hydrogens (tertiary/aromatic N) is 4. The van der Waals surface area contributed by atoms with Crippen LogP contribution in [0.15, 0.2) is 51.9 Å². The van der Waals surface area contributed by atoms with Crippen molar-refractivity contribution in [3.8, 4) is 0 Å². The number of likely N-dealkylation sites (tertiary alicyclic amines) is 1. The van der Waals surface area contributed by atoms with E-state index in [0.717, 1.165) is 12.8 Å². The van der Waals surface area contributed by atoms with Crippen LogP contribution in [0.1, 0.15) is 31.8 Å². The first kappa shape index (κ1) is 15.7. The molecular weight excluding hydrogens is 320 g/mol. The molecule has 3 heterocycles. The van der Waals surface area contributed by atoms with Crippen LogP contribution in [0.4, 0.5) is 0 Å². The molecule has 1 amide bonds. The summed E-state index contributed by atoms with van der Waals surface area (Å²) in [7, 11) is 0. The Morgan fingerprint density at radius 3 is 2.96 bits per heavy atom. The van der Waals surface area contributed by atoms with E-state index in [0.29, 0.717) is 24.2 Å². The molecule has 0 saturated carbocycles. The molecular formula is C18H20N4O3. The van der Waals surface area contributed by atoms with Gasteiger partial charge in [-0.3, -0.25) is 14.0 Å². The fourth-order valence-electron chi connectivity index (χ4n) is 3.59. The highest BCUT2D eigenvalue weighted by atomic mass is 16.4. The predicted octanol–water partition coefficient (Wildman–Crippen LogP) is 2.22. The minimum Gasteiger partial charge on any atom is -0.408 e. The van der Waals surface area contributed by atoms with Gasteiger partial charge in [0, 0.05) is 25.5 Å². The lowest BCUT2D eigenvalue weighted by Crippen LogP contribution is -2.44. The molecule has 0 bridgehead atoms. The van der Waals surface area contributed by atoms with E-state index >= 15 is 0 Å². The van der Waals surface area contributed by atoms with Gasteiger partial charge in [0.2, 0.25) is 5.91 Å². The van der Waals surface area contributed by atoms with Gasteiger partial charge in [0.15, 0.2) is 5.58 Å². The van der Waals surface area contributed by atoms with Crippen LogP contribution in [-0.4, -0.2) is 38.2 Å². The average molecular weight is 340 g/mol. The van der Waals surface area contributed by atoms with E-state index in [1.165, 1.54) is 4.57 Å². The standard InChI is InChI=1S/C18H20N4O3/c1-13(22-15-7-2-3-8-16(15)25-18(22)24)17(23)20-10-4-6-14(12-20)21-11-5-9-19-21/h2-3,5,7-9,11,13-14H,4,6,10,12H2,1H3. The highest BCUT2D eigenvalue weighted by Gasteiger charge is 2.30. The van der Waals surface area contributed by atoms with Gasteiger partial charge in [-0.05, 0) is 38.0 Å². The molecule has 1 fully saturated rings. The molecule has 1 aromatic carbocycles. The fraction of sp³-hybridized carbons (Fsp3) is 0.389. The monoisotopic (exact) mass is 340 g/mol. The van der Waals surface area contributed by atoms with Crippen molar-refractivity contribution in [3.63, 3.8) is 0 Å². The van der Waals surface area contributed by atoms with Gasteiger partial charge >= 0.3 is 5.76 Å². The average Bonchev–Trinajstić information content (AvgIpc) is 3.27. The maximum absolute atomic E-state index is 13.0. The van der Waals surface area contributed by atoms with Crippen molar-refractivity contribution in [3.05, 3.63) is 53.3 Å². The summed E-state index contributed by atoms with van der Waals surface area (Å²) in [4.78, 5) is 27.1. The number of piperidine rings is 1. The molecule has 3 aromatic rings. The second kappa shape index (κ2) is 6.23. The molecule has 0 radical (unpaired) electrons. The van der Waals surface area contributed by atoms with E-state index < -0.39 is 11.8 Å². The smallest absolute Gasteiger partial charge is 0.408 e. The van der Waals surface area contributed by atoms with Crippen LogP contribution in [-0.2, 0) is 4.79 Å². The third-order valence-electron chi connectivity index (χ3n) is 4.87. The summed E-state index contributed by atoms with van der Waals surface area (Å²) in [5.41, 5.74) is 1.15. The first-order chi connectivity index (χ1) is 12.1. The summed E-state index contributed by atoms with van der Waals surface area (Å²) >= 11 is 0. The molecule has 0 spiro atoms. The van der Waals surface area contributed by atoms with Gasteiger partial charge in [-0.2, -0.15) is 5.10 Å². The lowest BCUT2D eigenvalue weighted by atomic mass is 10.0. The molecule has 2 atom stereocenters. The maximum atomic E-state index is 13.0. The zero-order valence-electron chi connectivity index (χ0n) is 14.0. The summed E-state index contributed by atoms with van der Waals surface area (Å²) in [5.74, 6) is -0.562. The summed E-state index contributed by atoms with van der Waals surface area (Å²) in [6.07, 6.45) is 5.59. The number of carbonyl (C=O) groups is 1. The zero-order chi connectivity index (χ0) is 17.4. The molecule has 2 unspecified atom stereocenters. The first-order valence-corrected chi connectivity index (χ1v) is 8.53. The number of benzene rings is 1. The van der Waals surface area contributed by atoms with E-state index in [1.54, 1.807) is 31.3 Å². The number of rotatable bonds is 3. The van der Waals surface area contributed by atoms with Crippen molar-refractivity contribution in [1.29, 1.82) is 0 Å². The molecule has 1 saturated heterocycles. The van der Waals surface area contributed by atoms with Crippen molar-refractivity contribution in [2.45, 2.75) is 31.8 Å². The molecule has 25 heavy (non-hydrogen) atoms. The summed E-state index contributed by atoms with van der Waals surface area (Å²) in [5, 5.41) is 4.29. The Morgan fingerprint density at radius 2 is 2.16 bits per heavy atom. The van der Waals surface area contributed by atoms with E-state index in [1.807, 2.05) is 27.9 Å².